The summed E-state index contributed by atoms with van der Waals surface area (Å²) < 4.78 is 10.2. The molecule has 2 aliphatic rings. The fraction of sp³-hybridized carbons (Fsp3) is 0.421. The number of ether oxygens (including phenoxy) is 2. The molecule has 0 bridgehead atoms. The van der Waals surface area contributed by atoms with Crippen molar-refractivity contribution in [2.45, 2.75) is 25.0 Å². The molecule has 0 aliphatic heterocycles. The van der Waals surface area contributed by atoms with Gasteiger partial charge in [-0.05, 0) is 42.5 Å². The molecule has 2 fully saturated rings. The Morgan fingerprint density at radius 2 is 1.93 bits per heavy atom. The van der Waals surface area contributed by atoms with E-state index in [9.17, 15) is 19.5 Å². The maximum Gasteiger partial charge on any atom is 0.408 e. The van der Waals surface area contributed by atoms with E-state index in [-0.39, 0.29) is 25.6 Å². The highest BCUT2D eigenvalue weighted by molar-refractivity contribution is 6.34. The number of amides is 1. The first-order valence-corrected chi connectivity index (χ1v) is 9.45. The van der Waals surface area contributed by atoms with Crippen molar-refractivity contribution >= 4 is 41.2 Å². The summed E-state index contributed by atoms with van der Waals surface area (Å²) in [7, 11) is 0. The van der Waals surface area contributed by atoms with Crippen LogP contribution in [0, 0.1) is 17.8 Å². The number of hydrogen-bond donors (Lipinski definition) is 2. The third-order valence-corrected chi connectivity index (χ3v) is 5.66. The highest BCUT2D eigenvalue weighted by atomic mass is 35.5. The highest BCUT2D eigenvalue weighted by Gasteiger charge is 2.72. The number of rotatable bonds is 7. The number of esters is 1. The molecule has 9 heteroatoms. The van der Waals surface area contributed by atoms with Crippen molar-refractivity contribution in [1.29, 1.82) is 0 Å². The molecule has 0 spiro atoms. The maximum absolute atomic E-state index is 12.5. The van der Waals surface area contributed by atoms with Crippen LogP contribution in [-0.2, 0) is 25.7 Å². The second kappa shape index (κ2) is 8.01. The zero-order valence-electron chi connectivity index (χ0n) is 14.8. The molecule has 4 unspecified atom stereocenters. The summed E-state index contributed by atoms with van der Waals surface area (Å²) in [6.45, 7) is 3.37. The van der Waals surface area contributed by atoms with Crippen LogP contribution in [0.2, 0.25) is 10.0 Å². The first-order chi connectivity index (χ1) is 13.3. The van der Waals surface area contributed by atoms with E-state index in [1.165, 1.54) is 6.08 Å². The van der Waals surface area contributed by atoms with Gasteiger partial charge in [-0.25, -0.2) is 9.59 Å². The Balaban J connectivity index is 1.65. The van der Waals surface area contributed by atoms with Crippen molar-refractivity contribution in [3.63, 3.8) is 0 Å². The molecular formula is C19H19Cl2NO6. The maximum atomic E-state index is 12.5. The summed E-state index contributed by atoms with van der Waals surface area (Å²) in [5.41, 5.74) is -0.904. The second-order valence-corrected chi connectivity index (χ2v) is 7.80. The molecule has 1 aromatic rings. The lowest BCUT2D eigenvalue weighted by atomic mass is 9.90. The molecule has 0 aromatic heterocycles. The molecule has 28 heavy (non-hydrogen) atoms. The zero-order chi connectivity index (χ0) is 20.5. The predicted molar refractivity (Wildman–Crippen MR) is 101 cm³/mol. The van der Waals surface area contributed by atoms with Gasteiger partial charge in [-0.1, -0.05) is 35.9 Å². The molecular weight excluding hydrogens is 409 g/mol. The molecule has 0 saturated heterocycles. The van der Waals surface area contributed by atoms with Crippen LogP contribution in [0.3, 0.4) is 0 Å². The number of benzene rings is 1. The zero-order valence-corrected chi connectivity index (χ0v) is 16.3. The largest absolute Gasteiger partial charge is 0.479 e. The summed E-state index contributed by atoms with van der Waals surface area (Å²) in [6.07, 6.45) is 1.26. The molecule has 2 aliphatic carbocycles. The Labute approximate surface area is 171 Å². The van der Waals surface area contributed by atoms with Crippen LogP contribution >= 0.6 is 23.2 Å². The van der Waals surface area contributed by atoms with E-state index >= 15 is 0 Å². The number of alkyl carbamates (subject to hydrolysis) is 1. The third kappa shape index (κ3) is 3.95. The van der Waals surface area contributed by atoms with Crippen molar-refractivity contribution in [2.24, 2.45) is 17.8 Å². The number of carboxylic acid groups (broad SMARTS) is 1. The smallest absolute Gasteiger partial charge is 0.408 e. The van der Waals surface area contributed by atoms with Gasteiger partial charge in [-0.15, -0.1) is 0 Å². The van der Waals surface area contributed by atoms with Crippen molar-refractivity contribution < 1.29 is 29.0 Å². The van der Waals surface area contributed by atoms with Gasteiger partial charge in [0.05, 0.1) is 5.92 Å². The molecule has 7 nitrogen and oxygen atoms in total. The number of hydrogen-bond acceptors (Lipinski definition) is 5. The standard InChI is InChI=1S/C19H19Cl2NO6/c1-2-5-27-18(26)22-19(17(24)25)4-3-13-14(15(13)19)16(23)28-9-10-6-11(20)8-12(21)7-10/h2,6-8,13-15H,1,3-5,9H2,(H,22,26)(H,24,25). The molecule has 150 valence electrons. The van der Waals surface area contributed by atoms with Crippen molar-refractivity contribution in [1.82, 2.24) is 5.32 Å². The Morgan fingerprint density at radius 1 is 1.25 bits per heavy atom. The van der Waals surface area contributed by atoms with E-state index < -0.39 is 35.4 Å². The minimum atomic E-state index is -1.54. The minimum absolute atomic E-state index is 0.0239. The summed E-state index contributed by atoms with van der Waals surface area (Å²) in [5, 5.41) is 13.0. The SMILES string of the molecule is C=CCOC(=O)NC1(C(=O)O)CCC2C(C(=O)OCc3cc(Cl)cc(Cl)c3)C21. The van der Waals surface area contributed by atoms with Gasteiger partial charge in [0.2, 0.25) is 0 Å². The summed E-state index contributed by atoms with van der Waals surface area (Å²) in [4.78, 5) is 36.3. The third-order valence-electron chi connectivity index (χ3n) is 5.22. The Kier molecular flexibility index (Phi) is 5.86. The van der Waals surface area contributed by atoms with Gasteiger partial charge in [0.25, 0.3) is 0 Å². The molecule has 1 amide bonds. The first-order valence-electron chi connectivity index (χ1n) is 8.69. The van der Waals surface area contributed by atoms with E-state index in [1.807, 2.05) is 0 Å². The topological polar surface area (TPSA) is 102 Å². The number of halogens is 2. The highest BCUT2D eigenvalue weighted by Crippen LogP contribution is 2.62. The van der Waals surface area contributed by atoms with E-state index in [1.54, 1.807) is 18.2 Å². The van der Waals surface area contributed by atoms with Gasteiger partial charge in [-0.3, -0.25) is 4.79 Å². The summed E-state index contributed by atoms with van der Waals surface area (Å²) in [5.74, 6) is -2.95. The van der Waals surface area contributed by atoms with E-state index in [0.29, 0.717) is 22.0 Å². The molecule has 2 saturated carbocycles. The van der Waals surface area contributed by atoms with E-state index in [2.05, 4.69) is 11.9 Å². The lowest BCUT2D eigenvalue weighted by Crippen LogP contribution is -2.56. The average molecular weight is 428 g/mol. The van der Waals surface area contributed by atoms with Crippen LogP contribution in [0.1, 0.15) is 18.4 Å². The molecule has 2 N–H and O–H groups in total. The van der Waals surface area contributed by atoms with Crippen molar-refractivity contribution in [3.8, 4) is 0 Å². The average Bonchev–Trinajstić information content (AvgIpc) is 3.24. The van der Waals surface area contributed by atoms with Crippen LogP contribution in [0.15, 0.2) is 30.9 Å². The minimum Gasteiger partial charge on any atom is -0.479 e. The van der Waals surface area contributed by atoms with Crippen LogP contribution in [0.5, 0.6) is 0 Å². The Bertz CT molecular complexity index is 808. The van der Waals surface area contributed by atoms with Gasteiger partial charge >= 0.3 is 18.0 Å². The first kappa shape index (κ1) is 20.5. The number of fused-ring (bicyclic) bond motifs is 1. The number of nitrogens with one attached hydrogen (secondary N) is 1. The summed E-state index contributed by atoms with van der Waals surface area (Å²) in [6, 6.07) is 4.83. The molecule has 1 aromatic carbocycles. The number of carboxylic acids is 1. The monoisotopic (exact) mass is 427 g/mol. The lowest BCUT2D eigenvalue weighted by Gasteiger charge is -2.28. The quantitative estimate of drug-likeness (QED) is 0.510. The number of carbonyl (C=O) groups is 3. The van der Waals surface area contributed by atoms with Gasteiger partial charge in [-0.2, -0.15) is 0 Å². The molecule has 0 radical (unpaired) electrons. The van der Waals surface area contributed by atoms with Crippen LogP contribution in [-0.4, -0.2) is 35.3 Å². The van der Waals surface area contributed by atoms with Gasteiger partial charge in [0.1, 0.15) is 18.8 Å². The van der Waals surface area contributed by atoms with Crippen LogP contribution in [0.4, 0.5) is 4.79 Å². The van der Waals surface area contributed by atoms with E-state index in [4.69, 9.17) is 32.7 Å². The Hall–Kier alpha value is -2.25. The Morgan fingerprint density at radius 3 is 2.54 bits per heavy atom. The molecule has 0 heterocycles. The lowest BCUT2D eigenvalue weighted by molar-refractivity contribution is -0.149. The predicted octanol–water partition coefficient (Wildman–Crippen LogP) is 3.43. The molecule has 4 atom stereocenters. The van der Waals surface area contributed by atoms with Crippen molar-refractivity contribution in [2.75, 3.05) is 6.61 Å². The second-order valence-electron chi connectivity index (χ2n) is 6.93. The molecule has 3 rings (SSSR count). The fourth-order valence-corrected chi connectivity index (χ4v) is 4.61. The van der Waals surface area contributed by atoms with Crippen LogP contribution < -0.4 is 5.32 Å². The van der Waals surface area contributed by atoms with Gasteiger partial charge < -0.3 is 19.9 Å². The van der Waals surface area contributed by atoms with Crippen molar-refractivity contribution in [3.05, 3.63) is 46.5 Å². The fourth-order valence-electron chi connectivity index (χ4n) is 4.03. The summed E-state index contributed by atoms with van der Waals surface area (Å²) >= 11 is 11.9. The number of carbonyl (C=O) groups excluding carboxylic acids is 2. The normalized spacial score (nSPS) is 27.4. The van der Waals surface area contributed by atoms with Gasteiger partial charge in [0.15, 0.2) is 0 Å². The van der Waals surface area contributed by atoms with E-state index in [0.717, 1.165) is 0 Å². The van der Waals surface area contributed by atoms with Gasteiger partial charge in [0, 0.05) is 16.0 Å². The number of aliphatic carboxylic acids is 1. The van der Waals surface area contributed by atoms with Crippen LogP contribution in [0.25, 0.3) is 0 Å².